The standard InChI is InChI=1S/C18H14F2N2O3S/c1-9-3-5-11(6-4-9)16(23)21-18-22(10(2)17(24)25)13-8-7-12(19)14(20)15(13)26-18/h3-8,10H,1-2H3,(H,24,25). The second kappa shape index (κ2) is 6.80. The molecule has 0 radical (unpaired) electrons. The molecule has 1 heterocycles. The molecule has 134 valence electrons. The third kappa shape index (κ3) is 3.15. The van der Waals surface area contributed by atoms with E-state index in [-0.39, 0.29) is 15.0 Å². The van der Waals surface area contributed by atoms with Crippen molar-refractivity contribution >= 4 is 33.4 Å². The van der Waals surface area contributed by atoms with E-state index in [4.69, 9.17) is 0 Å². The lowest BCUT2D eigenvalue weighted by molar-refractivity contribution is -0.140. The number of thiazole rings is 1. The first-order chi connectivity index (χ1) is 12.3. The van der Waals surface area contributed by atoms with E-state index < -0.39 is 29.6 Å². The Labute approximate surface area is 150 Å². The van der Waals surface area contributed by atoms with E-state index in [1.807, 2.05) is 6.92 Å². The molecule has 0 saturated carbocycles. The molecule has 26 heavy (non-hydrogen) atoms. The van der Waals surface area contributed by atoms with Crippen molar-refractivity contribution in [3.05, 3.63) is 64.0 Å². The molecule has 0 aliphatic carbocycles. The number of aromatic nitrogens is 1. The number of aryl methyl sites for hydroxylation is 1. The Morgan fingerprint density at radius 2 is 1.81 bits per heavy atom. The number of hydrogen-bond acceptors (Lipinski definition) is 3. The second-order valence-electron chi connectivity index (χ2n) is 5.76. The highest BCUT2D eigenvalue weighted by atomic mass is 32.1. The van der Waals surface area contributed by atoms with Gasteiger partial charge < -0.3 is 9.67 Å². The van der Waals surface area contributed by atoms with Crippen molar-refractivity contribution in [3.8, 4) is 0 Å². The number of halogens is 2. The van der Waals surface area contributed by atoms with E-state index in [1.165, 1.54) is 17.6 Å². The predicted molar refractivity (Wildman–Crippen MR) is 93.2 cm³/mol. The number of amides is 1. The molecule has 0 aliphatic rings. The number of carbonyl (C=O) groups is 2. The van der Waals surface area contributed by atoms with Gasteiger partial charge in [-0.1, -0.05) is 29.0 Å². The molecule has 3 rings (SSSR count). The lowest BCUT2D eigenvalue weighted by atomic mass is 10.1. The summed E-state index contributed by atoms with van der Waals surface area (Å²) in [5.41, 5.74) is 1.45. The normalized spacial score (nSPS) is 13.2. The van der Waals surface area contributed by atoms with Gasteiger partial charge in [0.1, 0.15) is 6.04 Å². The van der Waals surface area contributed by atoms with Gasteiger partial charge in [-0.15, -0.1) is 0 Å². The maximum atomic E-state index is 14.1. The minimum Gasteiger partial charge on any atom is -0.480 e. The van der Waals surface area contributed by atoms with Gasteiger partial charge in [0.05, 0.1) is 10.2 Å². The summed E-state index contributed by atoms with van der Waals surface area (Å²) in [6, 6.07) is 7.77. The Balaban J connectivity index is 2.25. The molecule has 5 nitrogen and oxygen atoms in total. The van der Waals surface area contributed by atoms with E-state index in [0.717, 1.165) is 23.0 Å². The number of hydrogen-bond donors (Lipinski definition) is 1. The maximum Gasteiger partial charge on any atom is 0.326 e. The summed E-state index contributed by atoms with van der Waals surface area (Å²) in [7, 11) is 0. The van der Waals surface area contributed by atoms with Crippen LogP contribution >= 0.6 is 11.3 Å². The monoisotopic (exact) mass is 376 g/mol. The van der Waals surface area contributed by atoms with Crippen LogP contribution in [0.4, 0.5) is 8.78 Å². The number of benzene rings is 2. The summed E-state index contributed by atoms with van der Waals surface area (Å²) in [6.45, 7) is 3.25. The zero-order valence-electron chi connectivity index (χ0n) is 13.9. The Morgan fingerprint density at radius 1 is 1.15 bits per heavy atom. The lowest BCUT2D eigenvalue weighted by Crippen LogP contribution is -2.25. The quantitative estimate of drug-likeness (QED) is 0.758. The summed E-state index contributed by atoms with van der Waals surface area (Å²) in [5.74, 6) is -3.92. The highest BCUT2D eigenvalue weighted by molar-refractivity contribution is 7.16. The molecule has 3 aromatic rings. The van der Waals surface area contributed by atoms with E-state index in [9.17, 15) is 23.5 Å². The summed E-state index contributed by atoms with van der Waals surface area (Å²) >= 11 is 0.734. The van der Waals surface area contributed by atoms with Crippen molar-refractivity contribution in [1.82, 2.24) is 4.57 Å². The number of carboxylic acid groups (broad SMARTS) is 1. The van der Waals surface area contributed by atoms with Crippen molar-refractivity contribution in [2.24, 2.45) is 4.99 Å². The molecular formula is C18H14F2N2O3S. The van der Waals surface area contributed by atoms with Gasteiger partial charge in [0, 0.05) is 5.56 Å². The topological polar surface area (TPSA) is 71.7 Å². The molecule has 0 aliphatic heterocycles. The summed E-state index contributed by atoms with van der Waals surface area (Å²) in [4.78, 5) is 27.8. The molecule has 0 fully saturated rings. The first kappa shape index (κ1) is 17.9. The van der Waals surface area contributed by atoms with Crippen molar-refractivity contribution in [1.29, 1.82) is 0 Å². The molecule has 2 aromatic carbocycles. The largest absolute Gasteiger partial charge is 0.480 e. The third-order valence-electron chi connectivity index (χ3n) is 3.93. The number of fused-ring (bicyclic) bond motifs is 1. The molecular weight excluding hydrogens is 362 g/mol. The Morgan fingerprint density at radius 3 is 2.42 bits per heavy atom. The van der Waals surface area contributed by atoms with Crippen LogP contribution in [0, 0.1) is 18.6 Å². The fraction of sp³-hybridized carbons (Fsp3) is 0.167. The third-order valence-corrected chi connectivity index (χ3v) is 4.99. The van der Waals surface area contributed by atoms with Crippen LogP contribution in [-0.2, 0) is 4.79 Å². The Hall–Kier alpha value is -2.87. The van der Waals surface area contributed by atoms with Crippen LogP contribution in [0.15, 0.2) is 41.4 Å². The molecule has 1 unspecified atom stereocenters. The molecule has 1 atom stereocenters. The van der Waals surface area contributed by atoms with Crippen LogP contribution in [0.3, 0.4) is 0 Å². The number of rotatable bonds is 3. The summed E-state index contributed by atoms with van der Waals surface area (Å²) in [5, 5.41) is 9.33. The summed E-state index contributed by atoms with van der Waals surface area (Å²) in [6.07, 6.45) is 0. The Bertz CT molecular complexity index is 1080. The van der Waals surface area contributed by atoms with Crippen molar-refractivity contribution in [2.45, 2.75) is 19.9 Å². The average Bonchev–Trinajstić information content (AvgIpc) is 2.96. The molecule has 8 heteroatoms. The van der Waals surface area contributed by atoms with Crippen LogP contribution in [0.2, 0.25) is 0 Å². The minimum atomic E-state index is -1.18. The van der Waals surface area contributed by atoms with E-state index in [0.29, 0.717) is 5.56 Å². The average molecular weight is 376 g/mol. The molecule has 1 aromatic heterocycles. The van der Waals surface area contributed by atoms with Crippen molar-refractivity contribution < 1.29 is 23.5 Å². The molecule has 0 saturated heterocycles. The highest BCUT2D eigenvalue weighted by Crippen LogP contribution is 2.25. The zero-order chi connectivity index (χ0) is 19.0. The van der Waals surface area contributed by atoms with E-state index >= 15 is 0 Å². The smallest absolute Gasteiger partial charge is 0.326 e. The number of nitrogens with zero attached hydrogens (tertiary/aromatic N) is 2. The van der Waals surface area contributed by atoms with Gasteiger partial charge in [0.15, 0.2) is 16.4 Å². The van der Waals surface area contributed by atoms with Gasteiger partial charge in [0.25, 0.3) is 5.91 Å². The number of carbonyl (C=O) groups excluding carboxylic acids is 1. The van der Waals surface area contributed by atoms with Crippen LogP contribution in [-0.4, -0.2) is 21.6 Å². The maximum absolute atomic E-state index is 14.1. The molecule has 0 bridgehead atoms. The fourth-order valence-corrected chi connectivity index (χ4v) is 3.59. The molecule has 1 N–H and O–H groups in total. The predicted octanol–water partition coefficient (Wildman–Crippen LogP) is 3.68. The highest BCUT2D eigenvalue weighted by Gasteiger charge is 2.22. The van der Waals surface area contributed by atoms with Gasteiger partial charge in [0.2, 0.25) is 0 Å². The van der Waals surface area contributed by atoms with Gasteiger partial charge in [-0.25, -0.2) is 13.6 Å². The van der Waals surface area contributed by atoms with Crippen LogP contribution in [0.5, 0.6) is 0 Å². The van der Waals surface area contributed by atoms with E-state index in [1.54, 1.807) is 24.3 Å². The van der Waals surface area contributed by atoms with Crippen molar-refractivity contribution in [3.63, 3.8) is 0 Å². The van der Waals surface area contributed by atoms with Crippen LogP contribution in [0.1, 0.15) is 28.9 Å². The SMILES string of the molecule is Cc1ccc(C(=O)N=c2sc3c(F)c(F)ccc3n2C(C)C(=O)O)cc1. The zero-order valence-corrected chi connectivity index (χ0v) is 14.7. The first-order valence-corrected chi connectivity index (χ1v) is 8.49. The van der Waals surface area contributed by atoms with Gasteiger partial charge in [-0.3, -0.25) is 4.79 Å². The summed E-state index contributed by atoms with van der Waals surface area (Å²) < 4.78 is 28.8. The van der Waals surface area contributed by atoms with Crippen LogP contribution < -0.4 is 4.80 Å². The van der Waals surface area contributed by atoms with Gasteiger partial charge >= 0.3 is 5.97 Å². The van der Waals surface area contributed by atoms with Gasteiger partial charge in [-0.2, -0.15) is 4.99 Å². The number of aliphatic carboxylic acids is 1. The number of carboxylic acids is 1. The molecule has 1 amide bonds. The van der Waals surface area contributed by atoms with Gasteiger partial charge in [-0.05, 0) is 38.1 Å². The Kier molecular flexibility index (Phi) is 4.69. The van der Waals surface area contributed by atoms with E-state index in [2.05, 4.69) is 4.99 Å². The van der Waals surface area contributed by atoms with Crippen molar-refractivity contribution in [2.75, 3.05) is 0 Å². The second-order valence-corrected chi connectivity index (χ2v) is 6.74. The fourth-order valence-electron chi connectivity index (χ4n) is 2.46. The lowest BCUT2D eigenvalue weighted by Gasteiger charge is -2.10. The molecule has 0 spiro atoms. The first-order valence-electron chi connectivity index (χ1n) is 7.67. The van der Waals surface area contributed by atoms with Crippen LogP contribution in [0.25, 0.3) is 10.2 Å². The minimum absolute atomic E-state index is 0.00928.